The number of nitrogens with one attached hydrogen (secondary N) is 1. The summed E-state index contributed by atoms with van der Waals surface area (Å²) < 4.78 is 11.4. The first-order chi connectivity index (χ1) is 16.2. The molecule has 0 aliphatic rings. The van der Waals surface area contributed by atoms with E-state index in [9.17, 15) is 0 Å². The summed E-state index contributed by atoms with van der Waals surface area (Å²) in [6.45, 7) is 2.75. The van der Waals surface area contributed by atoms with Crippen molar-refractivity contribution < 1.29 is 9.15 Å². The van der Waals surface area contributed by atoms with E-state index in [1.54, 1.807) is 7.11 Å². The molecule has 0 saturated heterocycles. The number of aryl methyl sites for hydroxylation is 1. The Bertz CT molecular complexity index is 1360. The van der Waals surface area contributed by atoms with Gasteiger partial charge in [-0.15, -0.1) is 0 Å². The lowest BCUT2D eigenvalue weighted by Gasteiger charge is -2.08. The van der Waals surface area contributed by atoms with Crippen molar-refractivity contribution in [1.29, 1.82) is 0 Å². The monoisotopic (exact) mass is 436 g/mol. The Hall–Kier alpha value is -4.19. The maximum absolute atomic E-state index is 6.11. The summed E-state index contributed by atoms with van der Waals surface area (Å²) in [7, 11) is 1.67. The average molecular weight is 437 g/mol. The molecule has 0 aliphatic heterocycles. The summed E-state index contributed by atoms with van der Waals surface area (Å²) in [4.78, 5) is 14.1. The lowest BCUT2D eigenvalue weighted by atomic mass is 10.1. The molecule has 0 bridgehead atoms. The minimum atomic E-state index is 0.527. The smallest absolute Gasteiger partial charge is 0.229 e. The van der Waals surface area contributed by atoms with Gasteiger partial charge < -0.3 is 14.5 Å². The van der Waals surface area contributed by atoms with Crippen LogP contribution in [-0.2, 0) is 6.42 Å². The first kappa shape index (κ1) is 20.7. The summed E-state index contributed by atoms with van der Waals surface area (Å²) in [5.41, 5.74) is 5.31. The molecule has 0 radical (unpaired) electrons. The highest BCUT2D eigenvalue weighted by Crippen LogP contribution is 2.29. The van der Waals surface area contributed by atoms with Gasteiger partial charge in [-0.3, -0.25) is 0 Å². The molecule has 2 heterocycles. The fourth-order valence-electron chi connectivity index (χ4n) is 3.60. The molecule has 2 aromatic heterocycles. The van der Waals surface area contributed by atoms with E-state index in [0.717, 1.165) is 23.3 Å². The van der Waals surface area contributed by atoms with Crippen LogP contribution in [-0.4, -0.2) is 28.6 Å². The van der Waals surface area contributed by atoms with Crippen LogP contribution in [0.4, 0.5) is 5.82 Å². The van der Waals surface area contributed by atoms with Gasteiger partial charge in [0.1, 0.15) is 5.75 Å². The van der Waals surface area contributed by atoms with Crippen LogP contribution < -0.4 is 10.1 Å². The fraction of sp³-hybridized carbons (Fsp3) is 0.148. The van der Waals surface area contributed by atoms with E-state index in [1.807, 2.05) is 54.6 Å². The summed E-state index contributed by atoms with van der Waals surface area (Å²) in [6.07, 6.45) is 0.828. The zero-order valence-corrected chi connectivity index (χ0v) is 18.6. The van der Waals surface area contributed by atoms with Gasteiger partial charge in [0.15, 0.2) is 11.6 Å². The van der Waals surface area contributed by atoms with E-state index < -0.39 is 0 Å². The first-order valence-corrected chi connectivity index (χ1v) is 10.9. The molecule has 0 amide bonds. The van der Waals surface area contributed by atoms with Crippen molar-refractivity contribution in [3.63, 3.8) is 0 Å². The molecule has 0 saturated carbocycles. The normalized spacial score (nSPS) is 11.0. The Balaban J connectivity index is 1.48. The van der Waals surface area contributed by atoms with E-state index >= 15 is 0 Å². The molecule has 164 valence electrons. The molecule has 1 N–H and O–H groups in total. The largest absolute Gasteiger partial charge is 0.497 e. The quantitative estimate of drug-likeness (QED) is 0.341. The predicted molar refractivity (Wildman–Crippen MR) is 130 cm³/mol. The van der Waals surface area contributed by atoms with Gasteiger partial charge >= 0.3 is 0 Å². The number of fused-ring (bicyclic) bond motifs is 1. The molecule has 0 unspecified atom stereocenters. The molecule has 0 spiro atoms. The number of methoxy groups -OCH3 is 1. The van der Waals surface area contributed by atoms with Crippen LogP contribution in [0.15, 0.2) is 83.3 Å². The number of hydrogen-bond donors (Lipinski definition) is 1. The van der Waals surface area contributed by atoms with E-state index in [0.29, 0.717) is 35.3 Å². The van der Waals surface area contributed by atoms with Crippen molar-refractivity contribution >= 4 is 17.0 Å². The topological polar surface area (TPSA) is 73.1 Å². The minimum Gasteiger partial charge on any atom is -0.497 e. The van der Waals surface area contributed by atoms with Gasteiger partial charge in [0, 0.05) is 17.7 Å². The van der Waals surface area contributed by atoms with Crippen LogP contribution in [0.2, 0.25) is 0 Å². The van der Waals surface area contributed by atoms with E-state index in [4.69, 9.17) is 19.1 Å². The van der Waals surface area contributed by atoms with Crippen LogP contribution in [0, 0.1) is 6.92 Å². The Morgan fingerprint density at radius 1 is 0.818 bits per heavy atom. The number of nitrogens with zero attached hydrogens (tertiary/aromatic N) is 3. The second kappa shape index (κ2) is 9.12. The third-order valence-corrected chi connectivity index (χ3v) is 5.45. The Morgan fingerprint density at radius 2 is 1.58 bits per heavy atom. The number of ether oxygens (including phenoxy) is 1. The molecule has 33 heavy (non-hydrogen) atoms. The van der Waals surface area contributed by atoms with Crippen molar-refractivity contribution in [3.8, 4) is 28.6 Å². The van der Waals surface area contributed by atoms with Gasteiger partial charge in [-0.1, -0.05) is 60.2 Å². The van der Waals surface area contributed by atoms with Crippen molar-refractivity contribution in [2.45, 2.75) is 13.3 Å². The number of anilines is 1. The Morgan fingerprint density at radius 3 is 2.30 bits per heavy atom. The second-order valence-electron chi connectivity index (χ2n) is 7.82. The van der Waals surface area contributed by atoms with Crippen molar-refractivity contribution in [3.05, 3.63) is 90.0 Å². The van der Waals surface area contributed by atoms with Crippen LogP contribution in [0.5, 0.6) is 5.75 Å². The van der Waals surface area contributed by atoms with Crippen molar-refractivity contribution in [2.75, 3.05) is 19.0 Å². The SMILES string of the molecule is COc1ccc(CCNc2nc(-c3ccc(C)cc3)nc3nc(-c4ccccc4)oc23)cc1. The number of aromatic nitrogens is 3. The van der Waals surface area contributed by atoms with Crippen LogP contribution in [0.3, 0.4) is 0 Å². The predicted octanol–water partition coefficient (Wildman–Crippen LogP) is 5.92. The summed E-state index contributed by atoms with van der Waals surface area (Å²) in [5, 5.41) is 3.43. The van der Waals surface area contributed by atoms with E-state index in [1.165, 1.54) is 11.1 Å². The molecule has 5 aromatic rings. The zero-order valence-electron chi connectivity index (χ0n) is 18.6. The molecule has 0 atom stereocenters. The maximum atomic E-state index is 6.11. The third kappa shape index (κ3) is 4.55. The van der Waals surface area contributed by atoms with Crippen LogP contribution >= 0.6 is 0 Å². The highest BCUT2D eigenvalue weighted by molar-refractivity contribution is 5.84. The molecular weight excluding hydrogens is 412 g/mol. The van der Waals surface area contributed by atoms with Gasteiger partial charge in [0.05, 0.1) is 7.11 Å². The molecule has 3 aromatic carbocycles. The summed E-state index contributed by atoms with van der Waals surface area (Å²) in [5.74, 6) is 2.63. The number of rotatable bonds is 7. The highest BCUT2D eigenvalue weighted by atomic mass is 16.5. The molecule has 6 nitrogen and oxygen atoms in total. The standard InChI is InChI=1S/C27H24N4O2/c1-18-8-12-20(13-9-18)24-29-25(28-17-16-19-10-14-22(32-2)15-11-19)23-26(30-24)31-27(33-23)21-6-4-3-5-7-21/h3-15H,16-17H2,1-2H3,(H,28,29,30). The average Bonchev–Trinajstić information content (AvgIpc) is 3.30. The second-order valence-corrected chi connectivity index (χ2v) is 7.82. The third-order valence-electron chi connectivity index (χ3n) is 5.45. The number of hydrogen-bond acceptors (Lipinski definition) is 6. The van der Waals surface area contributed by atoms with E-state index in [-0.39, 0.29) is 0 Å². The number of benzene rings is 3. The lowest BCUT2D eigenvalue weighted by molar-refractivity contribution is 0.414. The van der Waals surface area contributed by atoms with Gasteiger partial charge in [-0.2, -0.15) is 4.98 Å². The van der Waals surface area contributed by atoms with Crippen LogP contribution in [0.1, 0.15) is 11.1 Å². The molecule has 0 fully saturated rings. The molecular formula is C27H24N4O2. The fourth-order valence-corrected chi connectivity index (χ4v) is 3.60. The maximum Gasteiger partial charge on any atom is 0.229 e. The molecule has 0 aliphatic carbocycles. The number of oxazole rings is 1. The zero-order chi connectivity index (χ0) is 22.6. The minimum absolute atomic E-state index is 0.527. The Kier molecular flexibility index (Phi) is 5.72. The molecule has 5 rings (SSSR count). The summed E-state index contributed by atoms with van der Waals surface area (Å²) >= 11 is 0. The lowest BCUT2D eigenvalue weighted by Crippen LogP contribution is -2.08. The van der Waals surface area contributed by atoms with Crippen molar-refractivity contribution in [1.82, 2.24) is 15.0 Å². The van der Waals surface area contributed by atoms with Gasteiger partial charge in [-0.05, 0) is 43.2 Å². The van der Waals surface area contributed by atoms with E-state index in [2.05, 4.69) is 41.5 Å². The Labute approximate surface area is 192 Å². The summed E-state index contributed by atoms with van der Waals surface area (Å²) in [6, 6.07) is 26.0. The van der Waals surface area contributed by atoms with Gasteiger partial charge in [-0.25, -0.2) is 9.97 Å². The van der Waals surface area contributed by atoms with Crippen LogP contribution in [0.25, 0.3) is 34.1 Å². The van der Waals surface area contributed by atoms with Gasteiger partial charge in [0.25, 0.3) is 0 Å². The highest BCUT2D eigenvalue weighted by Gasteiger charge is 2.17. The van der Waals surface area contributed by atoms with Gasteiger partial charge in [0.2, 0.25) is 17.1 Å². The first-order valence-electron chi connectivity index (χ1n) is 10.9. The molecule has 6 heteroatoms. The van der Waals surface area contributed by atoms with Crippen molar-refractivity contribution in [2.24, 2.45) is 0 Å².